The summed E-state index contributed by atoms with van der Waals surface area (Å²) in [5, 5.41) is 8.68. The minimum atomic E-state index is -0.937. The molecule has 3 heteroatoms. The number of benzene rings is 1. The van der Waals surface area contributed by atoms with Crippen LogP contribution in [-0.2, 0) is 10.2 Å². The Kier molecular flexibility index (Phi) is 1.88. The molecule has 1 fully saturated rings. The van der Waals surface area contributed by atoms with E-state index in [0.29, 0.717) is 0 Å². The van der Waals surface area contributed by atoms with Crippen molar-refractivity contribution < 1.29 is 14.7 Å². The summed E-state index contributed by atoms with van der Waals surface area (Å²) in [7, 11) is 0. The fraction of sp³-hybridized carbons (Fsp3) is 0.273. The summed E-state index contributed by atoms with van der Waals surface area (Å²) in [4.78, 5) is 21.4. The summed E-state index contributed by atoms with van der Waals surface area (Å²) in [5.41, 5.74) is 0.879. The van der Waals surface area contributed by atoms with Crippen LogP contribution in [0, 0.1) is 0 Å². The second-order valence-electron chi connectivity index (χ2n) is 3.66. The monoisotopic (exact) mass is 190 g/mol. The highest BCUT2D eigenvalue weighted by Gasteiger charge is 2.44. The van der Waals surface area contributed by atoms with Gasteiger partial charge in [0.25, 0.3) is 0 Å². The molecule has 1 aromatic carbocycles. The highest BCUT2D eigenvalue weighted by molar-refractivity contribution is 5.87. The van der Waals surface area contributed by atoms with Crippen molar-refractivity contribution in [3.05, 3.63) is 35.4 Å². The van der Waals surface area contributed by atoms with Gasteiger partial charge in [0.15, 0.2) is 0 Å². The number of hydrogen-bond acceptors (Lipinski definition) is 2. The zero-order valence-corrected chi connectivity index (χ0v) is 7.56. The van der Waals surface area contributed by atoms with Gasteiger partial charge in [0, 0.05) is 0 Å². The second kappa shape index (κ2) is 2.94. The Balaban J connectivity index is 2.31. The van der Waals surface area contributed by atoms with Gasteiger partial charge in [-0.15, -0.1) is 0 Å². The molecule has 0 bridgehead atoms. The van der Waals surface area contributed by atoms with E-state index in [-0.39, 0.29) is 11.0 Å². The standard InChI is InChI=1S/C11H10O3/c12-7-11(5-6-11)9-3-1-8(2-4-9)10(13)14/h1-4,7H,5-6H2,(H,13,14). The molecule has 2 rings (SSSR count). The molecule has 0 heterocycles. The van der Waals surface area contributed by atoms with Crippen molar-refractivity contribution in [2.45, 2.75) is 18.3 Å². The van der Waals surface area contributed by atoms with Crippen LogP contribution in [-0.4, -0.2) is 17.4 Å². The van der Waals surface area contributed by atoms with Gasteiger partial charge < -0.3 is 9.90 Å². The highest BCUT2D eigenvalue weighted by Crippen LogP contribution is 2.46. The van der Waals surface area contributed by atoms with E-state index in [4.69, 9.17) is 5.11 Å². The number of carboxylic acids is 1. The van der Waals surface area contributed by atoms with E-state index in [1.165, 1.54) is 0 Å². The van der Waals surface area contributed by atoms with Crippen molar-refractivity contribution in [1.29, 1.82) is 0 Å². The number of carboxylic acid groups (broad SMARTS) is 1. The molecule has 0 saturated heterocycles. The van der Waals surface area contributed by atoms with E-state index < -0.39 is 5.97 Å². The van der Waals surface area contributed by atoms with Crippen LogP contribution in [0.1, 0.15) is 28.8 Å². The maximum absolute atomic E-state index is 10.8. The summed E-state index contributed by atoms with van der Waals surface area (Å²) in [5.74, 6) is -0.937. The molecular weight excluding hydrogens is 180 g/mol. The van der Waals surface area contributed by atoms with E-state index in [1.54, 1.807) is 24.3 Å². The summed E-state index contributed by atoms with van der Waals surface area (Å²) in [6.07, 6.45) is 2.72. The maximum Gasteiger partial charge on any atom is 0.335 e. The number of rotatable bonds is 3. The van der Waals surface area contributed by atoms with Gasteiger partial charge in [-0.25, -0.2) is 4.79 Å². The summed E-state index contributed by atoms with van der Waals surface area (Å²) >= 11 is 0. The summed E-state index contributed by atoms with van der Waals surface area (Å²) < 4.78 is 0. The minimum Gasteiger partial charge on any atom is -0.478 e. The molecule has 72 valence electrons. The molecule has 0 atom stereocenters. The molecule has 3 nitrogen and oxygen atoms in total. The van der Waals surface area contributed by atoms with Crippen LogP contribution in [0.25, 0.3) is 0 Å². The van der Waals surface area contributed by atoms with Crippen molar-refractivity contribution >= 4 is 12.3 Å². The molecule has 1 N–H and O–H groups in total. The van der Waals surface area contributed by atoms with Crippen LogP contribution >= 0.6 is 0 Å². The lowest BCUT2D eigenvalue weighted by Crippen LogP contribution is -2.08. The molecule has 0 aliphatic heterocycles. The molecule has 0 unspecified atom stereocenters. The van der Waals surface area contributed by atoms with E-state index in [2.05, 4.69) is 0 Å². The molecule has 14 heavy (non-hydrogen) atoms. The Bertz CT molecular complexity index is 374. The first-order valence-corrected chi connectivity index (χ1v) is 4.48. The van der Waals surface area contributed by atoms with E-state index in [0.717, 1.165) is 24.7 Å². The first-order chi connectivity index (χ1) is 6.68. The SMILES string of the molecule is O=CC1(c2ccc(C(=O)O)cc2)CC1. The molecule has 0 radical (unpaired) electrons. The van der Waals surface area contributed by atoms with Crippen LogP contribution in [0.5, 0.6) is 0 Å². The van der Waals surface area contributed by atoms with E-state index >= 15 is 0 Å². The van der Waals surface area contributed by atoms with Crippen molar-refractivity contribution in [2.75, 3.05) is 0 Å². The average molecular weight is 190 g/mol. The van der Waals surface area contributed by atoms with Gasteiger partial charge in [0.05, 0.1) is 11.0 Å². The fourth-order valence-corrected chi connectivity index (χ4v) is 1.55. The predicted molar refractivity (Wildman–Crippen MR) is 50.4 cm³/mol. The fourth-order valence-electron chi connectivity index (χ4n) is 1.55. The molecule has 0 aromatic heterocycles. The number of aromatic carboxylic acids is 1. The molecule has 1 aliphatic rings. The third kappa shape index (κ3) is 1.31. The van der Waals surface area contributed by atoms with Crippen molar-refractivity contribution in [2.24, 2.45) is 0 Å². The topological polar surface area (TPSA) is 54.4 Å². The Morgan fingerprint density at radius 2 is 1.86 bits per heavy atom. The Labute approximate surface area is 81.4 Å². The number of carbonyl (C=O) groups excluding carboxylic acids is 1. The van der Waals surface area contributed by atoms with Gasteiger partial charge in [0.1, 0.15) is 6.29 Å². The molecule has 1 aliphatic carbocycles. The third-order valence-corrected chi connectivity index (χ3v) is 2.72. The van der Waals surface area contributed by atoms with Crippen molar-refractivity contribution in [1.82, 2.24) is 0 Å². The van der Waals surface area contributed by atoms with Crippen molar-refractivity contribution in [3.63, 3.8) is 0 Å². The Morgan fingerprint density at radius 3 is 2.21 bits per heavy atom. The van der Waals surface area contributed by atoms with Crippen LogP contribution in [0.2, 0.25) is 0 Å². The quantitative estimate of drug-likeness (QED) is 0.737. The molecule has 0 amide bonds. The molecule has 1 saturated carbocycles. The molecular formula is C11H10O3. The number of hydrogen-bond donors (Lipinski definition) is 1. The summed E-state index contributed by atoms with van der Waals surface area (Å²) in [6.45, 7) is 0. The second-order valence-corrected chi connectivity index (χ2v) is 3.66. The maximum atomic E-state index is 10.8. The lowest BCUT2D eigenvalue weighted by Gasteiger charge is -2.06. The number of carbonyl (C=O) groups is 2. The largest absolute Gasteiger partial charge is 0.478 e. The first kappa shape index (κ1) is 8.94. The van der Waals surface area contributed by atoms with Gasteiger partial charge in [-0.2, -0.15) is 0 Å². The van der Waals surface area contributed by atoms with Crippen LogP contribution < -0.4 is 0 Å². The van der Waals surface area contributed by atoms with Crippen LogP contribution in [0.4, 0.5) is 0 Å². The lowest BCUT2D eigenvalue weighted by molar-refractivity contribution is -0.109. The van der Waals surface area contributed by atoms with Gasteiger partial charge >= 0.3 is 5.97 Å². The first-order valence-electron chi connectivity index (χ1n) is 4.48. The minimum absolute atomic E-state index is 0.260. The average Bonchev–Trinajstić information content (AvgIpc) is 2.99. The smallest absolute Gasteiger partial charge is 0.335 e. The van der Waals surface area contributed by atoms with Crippen molar-refractivity contribution in [3.8, 4) is 0 Å². The van der Waals surface area contributed by atoms with E-state index in [1.807, 2.05) is 0 Å². The van der Waals surface area contributed by atoms with Crippen LogP contribution in [0.3, 0.4) is 0 Å². The third-order valence-electron chi connectivity index (χ3n) is 2.72. The molecule has 0 spiro atoms. The normalized spacial score (nSPS) is 17.4. The highest BCUT2D eigenvalue weighted by atomic mass is 16.4. The zero-order valence-electron chi connectivity index (χ0n) is 7.56. The lowest BCUT2D eigenvalue weighted by atomic mass is 9.97. The van der Waals surface area contributed by atoms with Gasteiger partial charge in [0.2, 0.25) is 0 Å². The van der Waals surface area contributed by atoms with Gasteiger partial charge in [-0.1, -0.05) is 12.1 Å². The van der Waals surface area contributed by atoms with Crippen LogP contribution in [0.15, 0.2) is 24.3 Å². The molecule has 1 aromatic rings. The summed E-state index contributed by atoms with van der Waals surface area (Å²) in [6, 6.07) is 6.54. The number of aldehydes is 1. The Morgan fingerprint density at radius 1 is 1.29 bits per heavy atom. The van der Waals surface area contributed by atoms with Gasteiger partial charge in [-0.05, 0) is 30.5 Å². The Hall–Kier alpha value is -1.64. The van der Waals surface area contributed by atoms with E-state index in [9.17, 15) is 9.59 Å². The van der Waals surface area contributed by atoms with Gasteiger partial charge in [-0.3, -0.25) is 0 Å². The predicted octanol–water partition coefficient (Wildman–Crippen LogP) is 1.62. The zero-order chi connectivity index (χ0) is 10.2.